The van der Waals surface area contributed by atoms with Gasteiger partial charge in [0.15, 0.2) is 0 Å². The quantitative estimate of drug-likeness (QED) is 0.877. The van der Waals surface area contributed by atoms with Crippen LogP contribution in [0.4, 0.5) is 0 Å². The van der Waals surface area contributed by atoms with E-state index >= 15 is 0 Å². The lowest BCUT2D eigenvalue weighted by atomic mass is 10.2. The van der Waals surface area contributed by atoms with Crippen LogP contribution in [-0.2, 0) is 0 Å². The molecule has 0 atom stereocenters. The number of hydrogen-bond donors (Lipinski definition) is 1. The van der Waals surface area contributed by atoms with Gasteiger partial charge in [0, 0.05) is 5.54 Å². The van der Waals surface area contributed by atoms with Gasteiger partial charge in [-0.3, -0.25) is 4.79 Å². The fourth-order valence-corrected chi connectivity index (χ4v) is 3.94. The van der Waals surface area contributed by atoms with E-state index < -0.39 is 0 Å². The van der Waals surface area contributed by atoms with Crippen molar-refractivity contribution >= 4 is 49.1 Å². The summed E-state index contributed by atoms with van der Waals surface area (Å²) in [4.78, 5) is 11.8. The molecule has 14 heavy (non-hydrogen) atoms. The van der Waals surface area contributed by atoms with Gasteiger partial charge in [-0.1, -0.05) is 0 Å². The van der Waals surface area contributed by atoms with Crippen LogP contribution in [0, 0.1) is 0 Å². The lowest BCUT2D eigenvalue weighted by Gasteiger charge is -2.10. The number of nitrogens with one attached hydrogen (secondary N) is 1. The first-order chi connectivity index (χ1) is 6.50. The summed E-state index contributed by atoms with van der Waals surface area (Å²) in [5, 5.41) is 3.02. The van der Waals surface area contributed by atoms with E-state index in [4.69, 9.17) is 0 Å². The van der Waals surface area contributed by atoms with Gasteiger partial charge in [-0.25, -0.2) is 0 Å². The summed E-state index contributed by atoms with van der Waals surface area (Å²) < 4.78 is 1.85. The molecule has 0 aromatic carbocycles. The summed E-state index contributed by atoms with van der Waals surface area (Å²) in [6, 6.07) is 1.84. The van der Waals surface area contributed by atoms with E-state index in [1.807, 2.05) is 6.07 Å². The van der Waals surface area contributed by atoms with Crippen LogP contribution < -0.4 is 5.32 Å². The van der Waals surface area contributed by atoms with Gasteiger partial charge in [0.25, 0.3) is 5.91 Å². The maximum absolute atomic E-state index is 11.8. The molecule has 76 valence electrons. The first-order valence-corrected chi connectivity index (χ1v) is 6.68. The van der Waals surface area contributed by atoms with Gasteiger partial charge in [0.2, 0.25) is 0 Å². The summed E-state index contributed by atoms with van der Waals surface area (Å²) in [5.41, 5.74) is 0.764. The summed E-state index contributed by atoms with van der Waals surface area (Å²) in [6.45, 7) is 2.07. The Morgan fingerprint density at radius 2 is 2.21 bits per heavy atom. The van der Waals surface area contributed by atoms with Crippen LogP contribution in [0.25, 0.3) is 0 Å². The fourth-order valence-electron chi connectivity index (χ4n) is 1.15. The molecule has 0 unspecified atom stereocenters. The Balaban J connectivity index is 2.14. The van der Waals surface area contributed by atoms with E-state index in [9.17, 15) is 4.79 Å². The van der Waals surface area contributed by atoms with Gasteiger partial charge < -0.3 is 5.32 Å². The Morgan fingerprint density at radius 1 is 1.57 bits per heavy atom. The molecule has 5 heteroatoms. The number of carbonyl (C=O) groups excluding carboxylic acids is 1. The molecular formula is C9H9Br2NOS. The van der Waals surface area contributed by atoms with Gasteiger partial charge in [0.1, 0.15) is 0 Å². The monoisotopic (exact) mass is 337 g/mol. The number of hydrogen-bond acceptors (Lipinski definition) is 2. The molecular weight excluding hydrogens is 330 g/mol. The van der Waals surface area contributed by atoms with E-state index in [0.717, 1.165) is 26.0 Å². The van der Waals surface area contributed by atoms with Crippen LogP contribution in [-0.4, -0.2) is 11.4 Å². The third kappa shape index (κ3) is 2.20. The number of carbonyl (C=O) groups is 1. The molecule has 1 aromatic heterocycles. The van der Waals surface area contributed by atoms with Crippen molar-refractivity contribution in [1.82, 2.24) is 5.32 Å². The van der Waals surface area contributed by atoms with E-state index in [1.165, 1.54) is 11.3 Å². The molecule has 1 heterocycles. The predicted molar refractivity (Wildman–Crippen MR) is 64.8 cm³/mol. The van der Waals surface area contributed by atoms with Crippen LogP contribution in [0.3, 0.4) is 0 Å². The third-order valence-corrected chi connectivity index (χ3v) is 4.66. The van der Waals surface area contributed by atoms with Crippen LogP contribution in [0.1, 0.15) is 30.1 Å². The Hall–Kier alpha value is 0.130. The van der Waals surface area contributed by atoms with E-state index in [0.29, 0.717) is 0 Å². The molecule has 0 saturated heterocycles. The SMILES string of the molecule is CC1(NC(=O)c2cc(Br)sc2Br)CC1. The second-order valence-corrected chi connectivity index (χ2v) is 7.50. The van der Waals surface area contributed by atoms with Gasteiger partial charge in [-0.15, -0.1) is 11.3 Å². The van der Waals surface area contributed by atoms with Gasteiger partial charge in [-0.05, 0) is 57.7 Å². The number of amides is 1. The summed E-state index contributed by atoms with van der Waals surface area (Å²) >= 11 is 8.24. The number of thiophene rings is 1. The molecule has 0 radical (unpaired) electrons. The average molecular weight is 339 g/mol. The zero-order chi connectivity index (χ0) is 10.3. The number of rotatable bonds is 2. The summed E-state index contributed by atoms with van der Waals surface area (Å²) in [5.74, 6) is 0.0128. The highest BCUT2D eigenvalue weighted by molar-refractivity contribution is 9.12. The molecule has 1 aliphatic carbocycles. The Labute approximate surface area is 103 Å². The van der Waals surface area contributed by atoms with Crippen molar-refractivity contribution in [2.75, 3.05) is 0 Å². The van der Waals surface area contributed by atoms with Crippen molar-refractivity contribution in [3.8, 4) is 0 Å². The van der Waals surface area contributed by atoms with Crippen LogP contribution in [0.2, 0.25) is 0 Å². The average Bonchev–Trinajstić information content (AvgIpc) is 2.68. The van der Waals surface area contributed by atoms with E-state index in [2.05, 4.69) is 44.1 Å². The lowest BCUT2D eigenvalue weighted by molar-refractivity contribution is 0.0935. The normalized spacial score (nSPS) is 17.9. The van der Waals surface area contributed by atoms with Crippen LogP contribution in [0.15, 0.2) is 13.6 Å². The molecule has 1 amide bonds. The lowest BCUT2D eigenvalue weighted by Crippen LogP contribution is -2.34. The van der Waals surface area contributed by atoms with Crippen molar-refractivity contribution < 1.29 is 4.79 Å². The maximum Gasteiger partial charge on any atom is 0.253 e. The highest BCUT2D eigenvalue weighted by Crippen LogP contribution is 2.36. The van der Waals surface area contributed by atoms with Crippen LogP contribution >= 0.6 is 43.2 Å². The highest BCUT2D eigenvalue weighted by atomic mass is 79.9. The zero-order valence-electron chi connectivity index (χ0n) is 7.56. The molecule has 1 aliphatic rings. The van der Waals surface area contributed by atoms with E-state index in [-0.39, 0.29) is 11.4 Å². The Bertz CT molecular complexity index is 384. The molecule has 1 fully saturated rings. The molecule has 0 bridgehead atoms. The molecule has 1 saturated carbocycles. The maximum atomic E-state index is 11.8. The fraction of sp³-hybridized carbons (Fsp3) is 0.444. The smallest absolute Gasteiger partial charge is 0.253 e. The summed E-state index contributed by atoms with van der Waals surface area (Å²) in [6.07, 6.45) is 2.17. The highest BCUT2D eigenvalue weighted by Gasteiger charge is 2.39. The van der Waals surface area contributed by atoms with Crippen molar-refractivity contribution in [2.24, 2.45) is 0 Å². The minimum Gasteiger partial charge on any atom is -0.347 e. The second-order valence-electron chi connectivity index (χ2n) is 3.75. The first-order valence-electron chi connectivity index (χ1n) is 4.27. The van der Waals surface area contributed by atoms with Gasteiger partial charge in [0.05, 0.1) is 13.1 Å². The predicted octanol–water partition coefficient (Wildman–Crippen LogP) is 3.56. The molecule has 0 spiro atoms. The first kappa shape index (κ1) is 10.6. The molecule has 1 aromatic rings. The Kier molecular flexibility index (Phi) is 2.74. The van der Waals surface area contributed by atoms with Crippen molar-refractivity contribution in [2.45, 2.75) is 25.3 Å². The zero-order valence-corrected chi connectivity index (χ0v) is 11.6. The third-order valence-electron chi connectivity index (χ3n) is 2.32. The molecule has 2 rings (SSSR count). The molecule has 0 aliphatic heterocycles. The van der Waals surface area contributed by atoms with Gasteiger partial charge in [-0.2, -0.15) is 0 Å². The van der Waals surface area contributed by atoms with Gasteiger partial charge >= 0.3 is 0 Å². The van der Waals surface area contributed by atoms with E-state index in [1.54, 1.807) is 0 Å². The number of halogens is 2. The van der Waals surface area contributed by atoms with Crippen LogP contribution in [0.5, 0.6) is 0 Å². The summed E-state index contributed by atoms with van der Waals surface area (Å²) in [7, 11) is 0. The minimum atomic E-state index is 0.0128. The Morgan fingerprint density at radius 3 is 2.64 bits per heavy atom. The molecule has 1 N–H and O–H groups in total. The second kappa shape index (κ2) is 3.61. The minimum absolute atomic E-state index is 0.0128. The topological polar surface area (TPSA) is 29.1 Å². The van der Waals surface area contributed by atoms with Crippen molar-refractivity contribution in [3.63, 3.8) is 0 Å². The standard InChI is InChI=1S/C9H9Br2NOS/c1-9(2-3-9)12-8(13)5-4-6(10)14-7(5)11/h4H,2-3H2,1H3,(H,12,13). The van der Waals surface area contributed by atoms with Crippen molar-refractivity contribution in [1.29, 1.82) is 0 Å². The van der Waals surface area contributed by atoms with Crippen molar-refractivity contribution in [3.05, 3.63) is 19.2 Å². The largest absolute Gasteiger partial charge is 0.347 e. The molecule has 2 nitrogen and oxygen atoms in total.